The van der Waals surface area contributed by atoms with E-state index in [4.69, 9.17) is 28.9 Å². The summed E-state index contributed by atoms with van der Waals surface area (Å²) < 4.78 is 42.9. The first-order valence-corrected chi connectivity index (χ1v) is 11.3. The third-order valence-corrected chi connectivity index (χ3v) is 6.50. The van der Waals surface area contributed by atoms with E-state index in [2.05, 4.69) is 6.07 Å². The van der Waals surface area contributed by atoms with Crippen LogP contribution in [0.15, 0.2) is 72.8 Å². The average molecular weight is 512 g/mol. The molecule has 8 heteroatoms. The molecule has 0 spiro atoms. The zero-order valence-corrected chi connectivity index (χ0v) is 19.5. The van der Waals surface area contributed by atoms with Gasteiger partial charge in [-0.1, -0.05) is 53.5 Å². The predicted octanol–water partition coefficient (Wildman–Crippen LogP) is 7.73. The Hall–Kier alpha value is -3.48. The highest BCUT2D eigenvalue weighted by Gasteiger charge is 2.33. The molecule has 4 aromatic carbocycles. The van der Waals surface area contributed by atoms with Crippen molar-refractivity contribution in [1.82, 2.24) is 4.57 Å². The molecule has 0 bridgehead atoms. The highest BCUT2D eigenvalue weighted by Crippen LogP contribution is 2.38. The Morgan fingerprint density at radius 2 is 1.74 bits per heavy atom. The van der Waals surface area contributed by atoms with Crippen LogP contribution in [0.2, 0.25) is 10.0 Å². The Kier molecular flexibility index (Phi) is 5.74. The van der Waals surface area contributed by atoms with Gasteiger partial charge in [-0.05, 0) is 59.7 Å². The number of amides is 1. The van der Waals surface area contributed by atoms with Crippen molar-refractivity contribution in [2.75, 3.05) is 0 Å². The Balaban J connectivity index is 1.81. The van der Waals surface area contributed by atoms with Gasteiger partial charge in [0.05, 0.1) is 16.6 Å². The van der Waals surface area contributed by atoms with Crippen LogP contribution in [0.4, 0.5) is 13.2 Å². The summed E-state index contributed by atoms with van der Waals surface area (Å²) in [5.41, 5.74) is 7.83. The van der Waals surface area contributed by atoms with Gasteiger partial charge in [0, 0.05) is 38.5 Å². The van der Waals surface area contributed by atoms with E-state index in [1.54, 1.807) is 53.1 Å². The van der Waals surface area contributed by atoms with Gasteiger partial charge < -0.3 is 10.3 Å². The van der Waals surface area contributed by atoms with Crippen LogP contribution in [0.5, 0.6) is 0 Å². The second-order valence-electron chi connectivity index (χ2n) is 8.08. The largest absolute Gasteiger partial charge is 0.416 e. The number of nitrogens with two attached hydrogens (primary N) is 1. The standard InChI is InChI=1S/C27H16Cl2F3N2O/c28-17-9-11-18(22(29)13-17)15-8-10-19-24(12-15)34(23-7-3-5-20(25(19)23)26(33)35)14-16-4-1-2-6-21(16)27(30,31)32/h1-9,11-13H,14H2,(H2,33,35). The van der Waals surface area contributed by atoms with E-state index < -0.39 is 17.6 Å². The molecular formula is C27H16Cl2F3N2O. The monoisotopic (exact) mass is 511 g/mol. The lowest BCUT2D eigenvalue weighted by Gasteiger charge is -2.15. The topological polar surface area (TPSA) is 48.0 Å². The first-order chi connectivity index (χ1) is 16.6. The summed E-state index contributed by atoms with van der Waals surface area (Å²) in [6.07, 6.45) is -4.51. The van der Waals surface area contributed by atoms with Crippen molar-refractivity contribution in [3.63, 3.8) is 0 Å². The van der Waals surface area contributed by atoms with Gasteiger partial charge in [0.1, 0.15) is 0 Å². The third-order valence-electron chi connectivity index (χ3n) is 5.95. The lowest BCUT2D eigenvalue weighted by Crippen LogP contribution is -2.12. The van der Waals surface area contributed by atoms with Crippen LogP contribution in [0.1, 0.15) is 21.5 Å². The van der Waals surface area contributed by atoms with Gasteiger partial charge in [-0.3, -0.25) is 4.79 Å². The first kappa shape index (κ1) is 23.3. The molecule has 0 atom stereocenters. The molecule has 1 aromatic heterocycles. The van der Waals surface area contributed by atoms with Gasteiger partial charge in [-0.25, -0.2) is 0 Å². The summed E-state index contributed by atoms with van der Waals surface area (Å²) in [6, 6.07) is 22.3. The summed E-state index contributed by atoms with van der Waals surface area (Å²) in [7, 11) is 0. The molecule has 0 aliphatic rings. The fraction of sp³-hybridized carbons (Fsp3) is 0.0741. The van der Waals surface area contributed by atoms with Gasteiger partial charge in [0.15, 0.2) is 0 Å². The number of hydrogen-bond donors (Lipinski definition) is 1. The van der Waals surface area contributed by atoms with Crippen molar-refractivity contribution in [1.29, 1.82) is 0 Å². The number of carbonyl (C=O) groups excluding carboxylic acids is 1. The highest BCUT2D eigenvalue weighted by molar-refractivity contribution is 6.36. The van der Waals surface area contributed by atoms with Crippen molar-refractivity contribution >= 4 is 50.9 Å². The number of alkyl halides is 3. The molecule has 5 rings (SSSR count). The van der Waals surface area contributed by atoms with E-state index in [-0.39, 0.29) is 17.7 Å². The number of rotatable bonds is 4. The van der Waals surface area contributed by atoms with Gasteiger partial charge in [0.25, 0.3) is 0 Å². The van der Waals surface area contributed by atoms with E-state index in [1.165, 1.54) is 12.1 Å². The summed E-state index contributed by atoms with van der Waals surface area (Å²) in [6.45, 7) is -0.0798. The molecule has 0 saturated carbocycles. The van der Waals surface area contributed by atoms with Gasteiger partial charge in [0.2, 0.25) is 5.91 Å². The molecule has 5 aromatic rings. The molecule has 0 aliphatic carbocycles. The zero-order valence-electron chi connectivity index (χ0n) is 18.0. The molecule has 35 heavy (non-hydrogen) atoms. The normalized spacial score (nSPS) is 11.9. The minimum Gasteiger partial charge on any atom is -0.366 e. The summed E-state index contributed by atoms with van der Waals surface area (Å²) in [4.78, 5) is 12.2. The predicted molar refractivity (Wildman–Crippen MR) is 133 cm³/mol. The minimum atomic E-state index is -4.51. The van der Waals surface area contributed by atoms with Gasteiger partial charge >= 0.3 is 6.18 Å². The molecular weight excluding hydrogens is 496 g/mol. The maximum absolute atomic E-state index is 13.7. The van der Waals surface area contributed by atoms with Crippen molar-refractivity contribution in [3.8, 4) is 11.1 Å². The Labute approximate surface area is 208 Å². The number of aromatic nitrogens is 1. The Morgan fingerprint density at radius 3 is 2.46 bits per heavy atom. The third kappa shape index (κ3) is 4.13. The van der Waals surface area contributed by atoms with Gasteiger partial charge in [-0.15, -0.1) is 0 Å². The number of hydrogen-bond acceptors (Lipinski definition) is 1. The second-order valence-corrected chi connectivity index (χ2v) is 8.92. The number of carbonyl (C=O) groups is 1. The molecule has 0 aliphatic heterocycles. The number of nitrogens with zero attached hydrogens (tertiary/aromatic N) is 1. The van der Waals surface area contributed by atoms with Crippen molar-refractivity contribution in [3.05, 3.63) is 106 Å². The zero-order chi connectivity index (χ0) is 24.9. The Morgan fingerprint density at radius 1 is 0.971 bits per heavy atom. The summed E-state index contributed by atoms with van der Waals surface area (Å²) >= 11 is 12.4. The van der Waals surface area contributed by atoms with Crippen molar-refractivity contribution < 1.29 is 18.0 Å². The van der Waals surface area contributed by atoms with Crippen LogP contribution in [0.25, 0.3) is 32.9 Å². The quantitative estimate of drug-likeness (QED) is 0.263. The van der Waals surface area contributed by atoms with E-state index in [0.29, 0.717) is 43.0 Å². The van der Waals surface area contributed by atoms with Crippen LogP contribution < -0.4 is 5.73 Å². The highest BCUT2D eigenvalue weighted by atomic mass is 35.5. The molecule has 1 radical (unpaired) electrons. The lowest BCUT2D eigenvalue weighted by atomic mass is 10.0. The first-order valence-electron chi connectivity index (χ1n) is 10.5. The molecule has 175 valence electrons. The van der Waals surface area contributed by atoms with Crippen LogP contribution >= 0.6 is 23.2 Å². The van der Waals surface area contributed by atoms with Crippen LogP contribution in [-0.4, -0.2) is 10.5 Å². The van der Waals surface area contributed by atoms with Crippen molar-refractivity contribution in [2.45, 2.75) is 12.7 Å². The number of benzene rings is 4. The van der Waals surface area contributed by atoms with Gasteiger partial charge in [-0.2, -0.15) is 13.2 Å². The second kappa shape index (κ2) is 8.63. The molecule has 0 unspecified atom stereocenters. The smallest absolute Gasteiger partial charge is 0.366 e. The minimum absolute atomic E-state index is 0.0798. The summed E-state index contributed by atoms with van der Waals surface area (Å²) in [5, 5.41) is 2.02. The summed E-state index contributed by atoms with van der Waals surface area (Å²) in [5.74, 6) is -0.636. The Bertz CT molecular complexity index is 1620. The molecule has 1 amide bonds. The maximum atomic E-state index is 13.7. The molecule has 3 nitrogen and oxygen atoms in total. The van der Waals surface area contributed by atoms with Crippen LogP contribution in [0, 0.1) is 6.07 Å². The van der Waals surface area contributed by atoms with E-state index >= 15 is 0 Å². The number of primary amides is 1. The average Bonchev–Trinajstić information content (AvgIpc) is 3.11. The number of fused-ring (bicyclic) bond motifs is 3. The maximum Gasteiger partial charge on any atom is 0.416 e. The molecule has 0 fully saturated rings. The molecule has 2 N–H and O–H groups in total. The lowest BCUT2D eigenvalue weighted by molar-refractivity contribution is -0.138. The molecule has 1 heterocycles. The number of halogens is 5. The fourth-order valence-electron chi connectivity index (χ4n) is 4.42. The van der Waals surface area contributed by atoms with Crippen LogP contribution in [-0.2, 0) is 12.7 Å². The van der Waals surface area contributed by atoms with Crippen LogP contribution in [0.3, 0.4) is 0 Å². The van der Waals surface area contributed by atoms with Crippen molar-refractivity contribution in [2.24, 2.45) is 5.73 Å². The van der Waals surface area contributed by atoms with E-state index in [9.17, 15) is 18.0 Å². The SMILES string of the molecule is NC(=O)c1cccc2c1c1[c]cc(-c3ccc(Cl)cc3Cl)cc1n2Cc1ccccc1C(F)(F)F. The fourth-order valence-corrected chi connectivity index (χ4v) is 4.93. The van der Waals surface area contributed by atoms with E-state index in [1.807, 2.05) is 6.07 Å². The van der Waals surface area contributed by atoms with E-state index in [0.717, 1.165) is 6.07 Å². The molecule has 0 saturated heterocycles.